The van der Waals surface area contributed by atoms with Crippen LogP contribution in [0.25, 0.3) is 11.0 Å². The van der Waals surface area contributed by atoms with Crippen molar-refractivity contribution in [1.29, 1.82) is 0 Å². The van der Waals surface area contributed by atoms with Crippen molar-refractivity contribution in [1.82, 2.24) is 14.3 Å². The van der Waals surface area contributed by atoms with Crippen LogP contribution in [-0.4, -0.2) is 25.7 Å². The van der Waals surface area contributed by atoms with Crippen LogP contribution < -0.4 is 5.73 Å². The zero-order valence-corrected chi connectivity index (χ0v) is 17.3. The summed E-state index contributed by atoms with van der Waals surface area (Å²) in [5.41, 5.74) is 10.5. The number of rotatable bonds is 4. The molecule has 0 saturated carbocycles. The third kappa shape index (κ3) is 3.80. The van der Waals surface area contributed by atoms with Crippen LogP contribution in [0.2, 0.25) is 0 Å². The molecule has 1 amide bonds. The molecule has 2 unspecified atom stereocenters. The minimum absolute atomic E-state index is 0.157. The third-order valence-corrected chi connectivity index (χ3v) is 6.65. The molecular formula is C22H26N4OS. The van der Waals surface area contributed by atoms with Crippen molar-refractivity contribution in [3.05, 3.63) is 65.5 Å². The van der Waals surface area contributed by atoms with E-state index in [9.17, 15) is 4.79 Å². The Kier molecular flexibility index (Phi) is 4.93. The molecule has 1 aliphatic rings. The first-order valence-electron chi connectivity index (χ1n) is 9.60. The van der Waals surface area contributed by atoms with Crippen LogP contribution in [0.5, 0.6) is 0 Å². The van der Waals surface area contributed by atoms with Gasteiger partial charge in [0.1, 0.15) is 5.82 Å². The number of aromatic amines is 1. The second kappa shape index (κ2) is 7.26. The molecule has 1 fully saturated rings. The van der Waals surface area contributed by atoms with Crippen LogP contribution in [0.3, 0.4) is 0 Å². The van der Waals surface area contributed by atoms with Crippen molar-refractivity contribution in [2.45, 2.75) is 50.4 Å². The van der Waals surface area contributed by atoms with E-state index in [2.05, 4.69) is 55.0 Å². The van der Waals surface area contributed by atoms with E-state index in [-0.39, 0.29) is 22.7 Å². The average Bonchev–Trinajstić information content (AvgIpc) is 3.25. The fourth-order valence-corrected chi connectivity index (χ4v) is 4.80. The minimum Gasteiger partial charge on any atom is -0.341 e. The van der Waals surface area contributed by atoms with Gasteiger partial charge in [-0.15, -0.1) is 0 Å². The molecule has 6 heteroatoms. The highest BCUT2D eigenvalue weighted by molar-refractivity contribution is 7.98. The Morgan fingerprint density at radius 1 is 1.21 bits per heavy atom. The highest BCUT2D eigenvalue weighted by Gasteiger charge is 2.38. The number of benzene rings is 2. The fraction of sp³-hybridized carbons (Fsp3) is 0.364. The molecule has 28 heavy (non-hydrogen) atoms. The molecule has 0 bridgehead atoms. The highest BCUT2D eigenvalue weighted by Crippen LogP contribution is 2.45. The Morgan fingerprint density at radius 2 is 1.93 bits per heavy atom. The molecule has 0 spiro atoms. The average molecular weight is 395 g/mol. The number of imidazole rings is 1. The summed E-state index contributed by atoms with van der Waals surface area (Å²) in [5, 5.41) is 0.185. The monoisotopic (exact) mass is 394 g/mol. The van der Waals surface area contributed by atoms with Gasteiger partial charge in [-0.2, -0.15) is 0 Å². The molecule has 3 N–H and O–H groups in total. The van der Waals surface area contributed by atoms with Crippen molar-refractivity contribution in [3.63, 3.8) is 0 Å². The van der Waals surface area contributed by atoms with Gasteiger partial charge in [-0.25, -0.2) is 4.98 Å². The molecule has 2 aromatic carbocycles. The summed E-state index contributed by atoms with van der Waals surface area (Å²) >= 11 is 1.64. The van der Waals surface area contributed by atoms with Gasteiger partial charge in [0.15, 0.2) is 0 Å². The molecule has 1 aromatic heterocycles. The number of amides is 1. The Bertz CT molecular complexity index is 957. The second-order valence-electron chi connectivity index (χ2n) is 8.35. The number of hydrogen-bond donors (Lipinski definition) is 2. The summed E-state index contributed by atoms with van der Waals surface area (Å²) in [4.78, 5) is 20.2. The van der Waals surface area contributed by atoms with Crippen molar-refractivity contribution in [3.8, 4) is 0 Å². The minimum atomic E-state index is -0.183. The van der Waals surface area contributed by atoms with E-state index in [4.69, 9.17) is 5.73 Å². The third-order valence-electron chi connectivity index (χ3n) is 4.99. The Balaban J connectivity index is 1.44. The number of hydrogen-bond acceptors (Lipinski definition) is 4. The predicted octanol–water partition coefficient (Wildman–Crippen LogP) is 4.53. The highest BCUT2D eigenvalue weighted by atomic mass is 32.2. The number of nitrogens with one attached hydrogen (secondary N) is 1. The van der Waals surface area contributed by atoms with Gasteiger partial charge in [0.05, 0.1) is 22.3 Å². The summed E-state index contributed by atoms with van der Waals surface area (Å²) in [6.45, 7) is 6.22. The zero-order chi connectivity index (χ0) is 19.9. The number of carbonyl (C=O) groups excluding carboxylic acids is 1. The van der Waals surface area contributed by atoms with Crippen LogP contribution in [0, 0.1) is 0 Å². The van der Waals surface area contributed by atoms with E-state index in [1.54, 1.807) is 11.9 Å². The molecule has 0 aliphatic carbocycles. The number of H-pyrrole nitrogens is 1. The fourth-order valence-electron chi connectivity index (χ4n) is 3.54. The van der Waals surface area contributed by atoms with Gasteiger partial charge in [-0.3, -0.25) is 9.10 Å². The van der Waals surface area contributed by atoms with Gasteiger partial charge >= 0.3 is 0 Å². The van der Waals surface area contributed by atoms with E-state index < -0.39 is 0 Å². The lowest BCUT2D eigenvalue weighted by Crippen LogP contribution is -2.37. The maximum Gasteiger partial charge on any atom is 0.234 e. The summed E-state index contributed by atoms with van der Waals surface area (Å²) in [5.74, 6) is 1.02. The van der Waals surface area contributed by atoms with Crippen molar-refractivity contribution in [2.24, 2.45) is 5.73 Å². The Morgan fingerprint density at radius 3 is 2.57 bits per heavy atom. The normalized spacial score (nSPS) is 18.8. The van der Waals surface area contributed by atoms with Gasteiger partial charge in [0, 0.05) is 12.0 Å². The number of nitrogens with zero attached hydrogens (tertiary/aromatic N) is 2. The van der Waals surface area contributed by atoms with Crippen LogP contribution >= 0.6 is 11.9 Å². The molecular weight excluding hydrogens is 368 g/mol. The summed E-state index contributed by atoms with van der Waals surface area (Å²) in [6, 6.07) is 16.2. The molecule has 0 radical (unpaired) electrons. The zero-order valence-electron chi connectivity index (χ0n) is 16.5. The van der Waals surface area contributed by atoms with Crippen molar-refractivity contribution < 1.29 is 4.79 Å². The standard InChI is InChI=1S/C22H26N4OS/c1-22(2,3)26-20(27)13-19(28-26)15-10-8-14(9-11-15)12-16(23)21-24-17-6-4-5-7-18(17)25-21/h4-11,16,19H,12-13,23H2,1-3H3,(H,24,25). The van der Waals surface area contributed by atoms with Crippen LogP contribution in [-0.2, 0) is 11.2 Å². The van der Waals surface area contributed by atoms with Gasteiger partial charge < -0.3 is 10.7 Å². The second-order valence-corrected chi connectivity index (χ2v) is 9.49. The number of carbonyl (C=O) groups is 1. The van der Waals surface area contributed by atoms with Gasteiger partial charge in [0.25, 0.3) is 0 Å². The number of para-hydroxylation sites is 2. The van der Waals surface area contributed by atoms with Gasteiger partial charge in [0.2, 0.25) is 5.91 Å². The summed E-state index contributed by atoms with van der Waals surface area (Å²) in [6.07, 6.45) is 1.27. The largest absolute Gasteiger partial charge is 0.341 e. The van der Waals surface area contributed by atoms with Crippen molar-refractivity contribution >= 4 is 28.9 Å². The summed E-state index contributed by atoms with van der Waals surface area (Å²) in [7, 11) is 0. The number of nitrogens with two attached hydrogens (primary N) is 1. The van der Waals surface area contributed by atoms with E-state index in [0.717, 1.165) is 16.9 Å². The van der Waals surface area contributed by atoms with E-state index in [1.807, 2.05) is 28.6 Å². The smallest absolute Gasteiger partial charge is 0.234 e. The van der Waals surface area contributed by atoms with Crippen LogP contribution in [0.1, 0.15) is 55.4 Å². The summed E-state index contributed by atoms with van der Waals surface area (Å²) < 4.78 is 1.91. The SMILES string of the molecule is CC(C)(C)N1SC(c2ccc(CC(N)c3nc4ccccc4[nH]3)cc2)CC1=O. The first-order valence-corrected chi connectivity index (χ1v) is 10.4. The number of fused-ring (bicyclic) bond motifs is 1. The van der Waals surface area contributed by atoms with Crippen LogP contribution in [0.15, 0.2) is 48.5 Å². The van der Waals surface area contributed by atoms with E-state index >= 15 is 0 Å². The maximum absolute atomic E-state index is 12.3. The molecule has 146 valence electrons. The molecule has 4 rings (SSSR count). The number of aromatic nitrogens is 2. The maximum atomic E-state index is 12.3. The van der Waals surface area contributed by atoms with E-state index in [1.165, 1.54) is 11.1 Å². The predicted molar refractivity (Wildman–Crippen MR) is 115 cm³/mol. The molecule has 5 nitrogen and oxygen atoms in total. The van der Waals surface area contributed by atoms with Gasteiger partial charge in [-0.05, 0) is 62.4 Å². The molecule has 2 heterocycles. The van der Waals surface area contributed by atoms with Gasteiger partial charge in [-0.1, -0.05) is 36.4 Å². The Hall–Kier alpha value is -2.31. The first-order chi connectivity index (χ1) is 13.3. The lowest BCUT2D eigenvalue weighted by molar-refractivity contribution is -0.127. The molecule has 3 aromatic rings. The quantitative estimate of drug-likeness (QED) is 0.638. The van der Waals surface area contributed by atoms with Crippen LogP contribution in [0.4, 0.5) is 0 Å². The molecule has 1 saturated heterocycles. The lowest BCUT2D eigenvalue weighted by Gasteiger charge is -2.30. The van der Waals surface area contributed by atoms with Crippen molar-refractivity contribution in [2.75, 3.05) is 0 Å². The molecule has 1 aliphatic heterocycles. The first kappa shape index (κ1) is 19.0. The topological polar surface area (TPSA) is 75.0 Å². The Labute approximate surface area is 169 Å². The lowest BCUT2D eigenvalue weighted by atomic mass is 10.0. The van der Waals surface area contributed by atoms with E-state index in [0.29, 0.717) is 12.8 Å². The molecule has 2 atom stereocenters.